The predicted octanol–water partition coefficient (Wildman–Crippen LogP) is 3.70. The molecule has 1 aromatic carbocycles. The van der Waals surface area contributed by atoms with E-state index in [9.17, 15) is 0 Å². The van der Waals surface area contributed by atoms with Crippen molar-refractivity contribution in [3.63, 3.8) is 0 Å². The van der Waals surface area contributed by atoms with Crippen LogP contribution in [0, 0.1) is 12.3 Å². The highest BCUT2D eigenvalue weighted by Gasteiger charge is 2.09. The van der Waals surface area contributed by atoms with Gasteiger partial charge in [0.15, 0.2) is 0 Å². The number of aryl methyl sites for hydroxylation is 1. The van der Waals surface area contributed by atoms with Crippen molar-refractivity contribution in [2.24, 2.45) is 0 Å². The van der Waals surface area contributed by atoms with Crippen LogP contribution in [0.5, 0.6) is 0 Å². The van der Waals surface area contributed by atoms with E-state index < -0.39 is 0 Å². The fourth-order valence-corrected chi connectivity index (χ4v) is 2.03. The number of rotatable bonds is 7. The summed E-state index contributed by atoms with van der Waals surface area (Å²) < 4.78 is 0. The second-order valence-electron chi connectivity index (χ2n) is 4.30. The number of hydrogen-bond acceptors (Lipinski definition) is 1. The van der Waals surface area contributed by atoms with Crippen molar-refractivity contribution in [1.29, 1.82) is 0 Å². The largest absolute Gasteiger partial charge is 0.310 e. The Morgan fingerprint density at radius 2 is 1.94 bits per heavy atom. The molecule has 1 atom stereocenters. The van der Waals surface area contributed by atoms with Gasteiger partial charge < -0.3 is 5.32 Å². The standard InChI is InChI=1S/C16H23N/c1-4-7-8-9-16(17-6-3)15-12-10-14(5-2)11-13-15/h1,10-13,16-17H,5-9H2,2-3H3. The lowest BCUT2D eigenvalue weighted by Gasteiger charge is -2.18. The van der Waals surface area contributed by atoms with Crippen molar-refractivity contribution in [2.45, 2.75) is 45.6 Å². The molecule has 0 fully saturated rings. The molecule has 0 amide bonds. The van der Waals surface area contributed by atoms with E-state index in [1.807, 2.05) is 0 Å². The van der Waals surface area contributed by atoms with Crippen LogP contribution in [0.25, 0.3) is 0 Å². The first-order chi connectivity index (χ1) is 8.31. The zero-order valence-corrected chi connectivity index (χ0v) is 11.0. The van der Waals surface area contributed by atoms with Crippen LogP contribution in [0.15, 0.2) is 24.3 Å². The highest BCUT2D eigenvalue weighted by molar-refractivity contribution is 5.25. The molecule has 0 aliphatic carbocycles. The molecule has 0 bridgehead atoms. The lowest BCUT2D eigenvalue weighted by atomic mass is 9.99. The van der Waals surface area contributed by atoms with Crippen LogP contribution in [-0.4, -0.2) is 6.54 Å². The Labute approximate surface area is 106 Å². The molecule has 0 aliphatic rings. The molecular formula is C16H23N. The normalized spacial score (nSPS) is 12.1. The summed E-state index contributed by atoms with van der Waals surface area (Å²) in [4.78, 5) is 0. The average Bonchev–Trinajstić information content (AvgIpc) is 2.38. The van der Waals surface area contributed by atoms with E-state index in [2.05, 4.69) is 49.4 Å². The summed E-state index contributed by atoms with van der Waals surface area (Å²) in [5.41, 5.74) is 2.77. The van der Waals surface area contributed by atoms with Crippen LogP contribution in [0.4, 0.5) is 0 Å². The highest BCUT2D eigenvalue weighted by Crippen LogP contribution is 2.20. The van der Waals surface area contributed by atoms with Gasteiger partial charge in [-0.05, 0) is 36.9 Å². The Bertz CT molecular complexity index is 345. The quantitative estimate of drug-likeness (QED) is 0.555. The van der Waals surface area contributed by atoms with Gasteiger partial charge in [0.2, 0.25) is 0 Å². The molecule has 1 nitrogen and oxygen atoms in total. The molecule has 92 valence electrons. The smallest absolute Gasteiger partial charge is 0.0320 e. The fraction of sp³-hybridized carbons (Fsp3) is 0.500. The summed E-state index contributed by atoms with van der Waals surface area (Å²) in [5, 5.41) is 3.53. The summed E-state index contributed by atoms with van der Waals surface area (Å²) in [6.07, 6.45) is 9.47. The lowest BCUT2D eigenvalue weighted by molar-refractivity contribution is 0.502. The molecule has 0 heterocycles. The van der Waals surface area contributed by atoms with Gasteiger partial charge >= 0.3 is 0 Å². The van der Waals surface area contributed by atoms with E-state index in [4.69, 9.17) is 6.42 Å². The summed E-state index contributed by atoms with van der Waals surface area (Å²) in [5.74, 6) is 2.71. The van der Waals surface area contributed by atoms with Crippen molar-refractivity contribution in [3.8, 4) is 12.3 Å². The van der Waals surface area contributed by atoms with E-state index in [0.717, 1.165) is 32.2 Å². The summed E-state index contributed by atoms with van der Waals surface area (Å²) >= 11 is 0. The lowest BCUT2D eigenvalue weighted by Crippen LogP contribution is -2.20. The number of nitrogens with one attached hydrogen (secondary N) is 1. The third kappa shape index (κ3) is 4.63. The van der Waals surface area contributed by atoms with Gasteiger partial charge in [-0.2, -0.15) is 0 Å². The van der Waals surface area contributed by atoms with Gasteiger partial charge in [0.05, 0.1) is 0 Å². The van der Waals surface area contributed by atoms with Crippen molar-refractivity contribution < 1.29 is 0 Å². The molecule has 0 saturated carbocycles. The number of terminal acetylenes is 1. The molecule has 1 rings (SSSR count). The van der Waals surface area contributed by atoms with Gasteiger partial charge in [-0.15, -0.1) is 12.3 Å². The Morgan fingerprint density at radius 1 is 1.24 bits per heavy atom. The molecule has 0 aromatic heterocycles. The Hall–Kier alpha value is -1.26. The molecule has 1 heteroatoms. The molecule has 0 saturated heterocycles. The topological polar surface area (TPSA) is 12.0 Å². The van der Waals surface area contributed by atoms with Gasteiger partial charge in [-0.3, -0.25) is 0 Å². The molecule has 1 aromatic rings. The van der Waals surface area contributed by atoms with Gasteiger partial charge in [-0.1, -0.05) is 38.1 Å². The van der Waals surface area contributed by atoms with E-state index in [0.29, 0.717) is 6.04 Å². The van der Waals surface area contributed by atoms with Crippen molar-refractivity contribution in [1.82, 2.24) is 5.32 Å². The predicted molar refractivity (Wildman–Crippen MR) is 74.9 cm³/mol. The summed E-state index contributed by atoms with van der Waals surface area (Å²) in [7, 11) is 0. The zero-order valence-electron chi connectivity index (χ0n) is 11.0. The Kier molecular flexibility index (Phi) is 6.43. The highest BCUT2D eigenvalue weighted by atomic mass is 14.9. The minimum atomic E-state index is 0.444. The van der Waals surface area contributed by atoms with Gasteiger partial charge in [0, 0.05) is 12.5 Å². The number of benzene rings is 1. The van der Waals surface area contributed by atoms with Crippen LogP contribution in [0.1, 0.15) is 50.3 Å². The van der Waals surface area contributed by atoms with Crippen molar-refractivity contribution in [2.75, 3.05) is 6.54 Å². The van der Waals surface area contributed by atoms with Crippen molar-refractivity contribution in [3.05, 3.63) is 35.4 Å². The van der Waals surface area contributed by atoms with Crippen LogP contribution in [0.2, 0.25) is 0 Å². The summed E-state index contributed by atoms with van der Waals surface area (Å²) in [6.45, 7) is 5.33. The van der Waals surface area contributed by atoms with Gasteiger partial charge in [0.25, 0.3) is 0 Å². The van der Waals surface area contributed by atoms with Gasteiger partial charge in [-0.25, -0.2) is 0 Å². The second-order valence-corrected chi connectivity index (χ2v) is 4.30. The van der Waals surface area contributed by atoms with Crippen molar-refractivity contribution >= 4 is 0 Å². The van der Waals surface area contributed by atoms with Crippen LogP contribution in [-0.2, 0) is 6.42 Å². The monoisotopic (exact) mass is 229 g/mol. The van der Waals surface area contributed by atoms with E-state index in [-0.39, 0.29) is 0 Å². The second kappa shape index (κ2) is 7.92. The molecule has 1 N–H and O–H groups in total. The first-order valence-electron chi connectivity index (χ1n) is 6.57. The molecule has 1 unspecified atom stereocenters. The first-order valence-corrected chi connectivity index (χ1v) is 6.57. The van der Waals surface area contributed by atoms with Gasteiger partial charge in [0.1, 0.15) is 0 Å². The minimum Gasteiger partial charge on any atom is -0.310 e. The molecular weight excluding hydrogens is 206 g/mol. The maximum absolute atomic E-state index is 5.29. The van der Waals surface area contributed by atoms with E-state index in [1.54, 1.807) is 0 Å². The maximum atomic E-state index is 5.29. The van der Waals surface area contributed by atoms with Crippen LogP contribution in [0.3, 0.4) is 0 Å². The molecule has 17 heavy (non-hydrogen) atoms. The Morgan fingerprint density at radius 3 is 2.47 bits per heavy atom. The molecule has 0 radical (unpaired) electrons. The molecule has 0 spiro atoms. The maximum Gasteiger partial charge on any atom is 0.0320 e. The SMILES string of the molecule is C#CCCCC(NCC)c1ccc(CC)cc1. The number of hydrogen-bond donors (Lipinski definition) is 1. The third-order valence-electron chi connectivity index (χ3n) is 3.05. The summed E-state index contributed by atoms with van der Waals surface area (Å²) in [6, 6.07) is 9.37. The first kappa shape index (κ1) is 13.8. The third-order valence-corrected chi connectivity index (χ3v) is 3.05. The average molecular weight is 229 g/mol. The minimum absolute atomic E-state index is 0.444. The zero-order chi connectivity index (χ0) is 12.5. The van der Waals surface area contributed by atoms with E-state index >= 15 is 0 Å². The van der Waals surface area contributed by atoms with E-state index in [1.165, 1.54) is 11.1 Å². The number of unbranched alkanes of at least 4 members (excludes halogenated alkanes) is 1. The van der Waals surface area contributed by atoms with Crippen LogP contribution < -0.4 is 5.32 Å². The van der Waals surface area contributed by atoms with Crippen LogP contribution >= 0.6 is 0 Å². The Balaban J connectivity index is 2.64. The fourth-order valence-electron chi connectivity index (χ4n) is 2.03. The molecule has 0 aliphatic heterocycles.